The first-order valence-corrected chi connectivity index (χ1v) is 9.44. The molecule has 23 heavy (non-hydrogen) atoms. The normalized spacial score (nSPS) is 28.1. The Bertz CT molecular complexity index is 614. The van der Waals surface area contributed by atoms with Crippen molar-refractivity contribution in [2.75, 3.05) is 19.6 Å². The van der Waals surface area contributed by atoms with Gasteiger partial charge in [-0.05, 0) is 49.1 Å². The molecule has 1 N–H and O–H groups in total. The van der Waals surface area contributed by atoms with Gasteiger partial charge >= 0.3 is 0 Å². The van der Waals surface area contributed by atoms with E-state index in [-0.39, 0.29) is 6.10 Å². The Morgan fingerprint density at radius 3 is 2.87 bits per heavy atom. The standard InChI is InChI=1S/C17H23N3O2S/c21-16-12-4-1-5-13(16)11-20(10-12)8-2-7-15-18-17(19-22-15)14-6-3-9-23-14/h3,6,9,12-13,16,21H,1-2,4-5,7-8,10-11H2/t12-,13-/m0/s1. The Labute approximate surface area is 140 Å². The summed E-state index contributed by atoms with van der Waals surface area (Å²) in [6, 6.07) is 4.01. The first-order chi connectivity index (χ1) is 11.3. The molecule has 124 valence electrons. The van der Waals surface area contributed by atoms with E-state index < -0.39 is 0 Å². The molecule has 2 fully saturated rings. The number of fused-ring (bicyclic) bond motifs is 2. The van der Waals surface area contributed by atoms with Crippen molar-refractivity contribution in [1.29, 1.82) is 0 Å². The van der Waals surface area contributed by atoms with Gasteiger partial charge in [-0.25, -0.2) is 0 Å². The minimum atomic E-state index is -0.0655. The zero-order valence-electron chi connectivity index (χ0n) is 13.2. The van der Waals surface area contributed by atoms with E-state index in [0.29, 0.717) is 17.7 Å². The molecule has 5 nitrogen and oxygen atoms in total. The molecule has 0 unspecified atom stereocenters. The Morgan fingerprint density at radius 2 is 2.13 bits per heavy atom. The van der Waals surface area contributed by atoms with Crippen LogP contribution in [0.15, 0.2) is 22.0 Å². The van der Waals surface area contributed by atoms with Crippen molar-refractivity contribution in [3.05, 3.63) is 23.4 Å². The van der Waals surface area contributed by atoms with Gasteiger partial charge in [-0.1, -0.05) is 17.6 Å². The van der Waals surface area contributed by atoms with Crippen LogP contribution in [0, 0.1) is 11.8 Å². The average Bonchev–Trinajstić information content (AvgIpc) is 3.18. The SMILES string of the molecule is OC1[C@H]2CCC[C@H]1CN(CCCc1nc(-c3cccs3)no1)C2. The molecule has 2 bridgehead atoms. The average molecular weight is 333 g/mol. The van der Waals surface area contributed by atoms with Gasteiger partial charge < -0.3 is 14.5 Å². The van der Waals surface area contributed by atoms with E-state index in [4.69, 9.17) is 4.52 Å². The maximum absolute atomic E-state index is 10.2. The Morgan fingerprint density at radius 1 is 1.30 bits per heavy atom. The van der Waals surface area contributed by atoms with E-state index in [1.807, 2.05) is 17.5 Å². The number of aryl methyl sites for hydroxylation is 1. The highest BCUT2D eigenvalue weighted by Gasteiger charge is 2.37. The number of rotatable bonds is 5. The lowest BCUT2D eigenvalue weighted by molar-refractivity contribution is -0.0494. The molecular formula is C17H23N3O2S. The third kappa shape index (κ3) is 3.34. The fourth-order valence-corrected chi connectivity index (χ4v) is 4.65. The van der Waals surface area contributed by atoms with E-state index >= 15 is 0 Å². The molecule has 2 aromatic heterocycles. The van der Waals surface area contributed by atoms with Crippen LogP contribution < -0.4 is 0 Å². The van der Waals surface area contributed by atoms with Crippen LogP contribution in [-0.4, -0.2) is 45.9 Å². The van der Waals surface area contributed by atoms with E-state index in [2.05, 4.69) is 15.0 Å². The quantitative estimate of drug-likeness (QED) is 0.911. The lowest BCUT2D eigenvalue weighted by atomic mass is 9.75. The van der Waals surface area contributed by atoms with Gasteiger partial charge in [-0.15, -0.1) is 11.3 Å². The maximum atomic E-state index is 10.2. The molecule has 2 atom stereocenters. The molecule has 1 aliphatic heterocycles. The number of piperidine rings is 1. The number of aromatic nitrogens is 2. The Balaban J connectivity index is 1.27. The summed E-state index contributed by atoms with van der Waals surface area (Å²) >= 11 is 1.63. The summed E-state index contributed by atoms with van der Waals surface area (Å²) in [6.07, 6.45) is 5.44. The lowest BCUT2D eigenvalue weighted by Gasteiger charge is -2.45. The van der Waals surface area contributed by atoms with Gasteiger partial charge in [0.05, 0.1) is 11.0 Å². The van der Waals surface area contributed by atoms with Crippen molar-refractivity contribution in [2.45, 2.75) is 38.2 Å². The van der Waals surface area contributed by atoms with Gasteiger partial charge in [0.25, 0.3) is 0 Å². The van der Waals surface area contributed by atoms with Gasteiger partial charge in [0.2, 0.25) is 11.7 Å². The highest BCUT2D eigenvalue weighted by Crippen LogP contribution is 2.34. The van der Waals surface area contributed by atoms with E-state index in [1.54, 1.807) is 11.3 Å². The smallest absolute Gasteiger partial charge is 0.227 e. The number of thiophene rings is 1. The Hall–Kier alpha value is -1.24. The van der Waals surface area contributed by atoms with Gasteiger partial charge in [-0.2, -0.15) is 4.98 Å². The summed E-state index contributed by atoms with van der Waals surface area (Å²) in [7, 11) is 0. The zero-order valence-corrected chi connectivity index (χ0v) is 14.0. The van der Waals surface area contributed by atoms with Gasteiger partial charge in [0, 0.05) is 19.5 Å². The number of hydrogen-bond donors (Lipinski definition) is 1. The molecule has 0 radical (unpaired) electrons. The molecule has 2 aliphatic rings. The molecule has 1 saturated carbocycles. The summed E-state index contributed by atoms with van der Waals surface area (Å²) in [6.45, 7) is 3.14. The summed E-state index contributed by atoms with van der Waals surface area (Å²) in [4.78, 5) is 8.04. The summed E-state index contributed by atoms with van der Waals surface area (Å²) < 4.78 is 5.36. The number of aliphatic hydroxyl groups is 1. The molecule has 1 saturated heterocycles. The maximum Gasteiger partial charge on any atom is 0.227 e. The number of likely N-dealkylation sites (tertiary alicyclic amines) is 1. The van der Waals surface area contributed by atoms with Crippen molar-refractivity contribution in [1.82, 2.24) is 15.0 Å². The van der Waals surface area contributed by atoms with E-state index in [0.717, 1.165) is 43.2 Å². The number of aliphatic hydroxyl groups excluding tert-OH is 1. The Kier molecular flexibility index (Phi) is 4.46. The van der Waals surface area contributed by atoms with Crippen molar-refractivity contribution in [3.8, 4) is 10.7 Å². The van der Waals surface area contributed by atoms with Crippen LogP contribution in [0.5, 0.6) is 0 Å². The third-order valence-corrected chi connectivity index (χ3v) is 6.04. The van der Waals surface area contributed by atoms with Crippen LogP contribution in [0.1, 0.15) is 31.6 Å². The van der Waals surface area contributed by atoms with E-state index in [9.17, 15) is 5.11 Å². The monoisotopic (exact) mass is 333 g/mol. The minimum absolute atomic E-state index is 0.0655. The third-order valence-electron chi connectivity index (χ3n) is 5.18. The predicted octanol–water partition coefficient (Wildman–Crippen LogP) is 2.82. The molecule has 4 rings (SSSR count). The molecule has 0 amide bonds. The lowest BCUT2D eigenvalue weighted by Crippen LogP contribution is -2.51. The van der Waals surface area contributed by atoms with Crippen LogP contribution in [0.3, 0.4) is 0 Å². The molecular weight excluding hydrogens is 310 g/mol. The van der Waals surface area contributed by atoms with Crippen molar-refractivity contribution in [3.63, 3.8) is 0 Å². The molecule has 1 aliphatic carbocycles. The van der Waals surface area contributed by atoms with Crippen LogP contribution >= 0.6 is 11.3 Å². The van der Waals surface area contributed by atoms with Crippen LogP contribution in [0.25, 0.3) is 10.7 Å². The first-order valence-electron chi connectivity index (χ1n) is 8.56. The molecule has 0 spiro atoms. The van der Waals surface area contributed by atoms with Gasteiger partial charge in [-0.3, -0.25) is 0 Å². The highest BCUT2D eigenvalue weighted by atomic mass is 32.1. The van der Waals surface area contributed by atoms with Crippen molar-refractivity contribution >= 4 is 11.3 Å². The second kappa shape index (κ2) is 6.71. The zero-order chi connectivity index (χ0) is 15.6. The molecule has 0 aromatic carbocycles. The van der Waals surface area contributed by atoms with Crippen LogP contribution in [0.2, 0.25) is 0 Å². The second-order valence-electron chi connectivity index (χ2n) is 6.79. The topological polar surface area (TPSA) is 62.4 Å². The summed E-state index contributed by atoms with van der Waals surface area (Å²) in [5.41, 5.74) is 0. The number of hydrogen-bond acceptors (Lipinski definition) is 6. The minimum Gasteiger partial charge on any atom is -0.392 e. The van der Waals surface area contributed by atoms with Crippen molar-refractivity contribution in [2.24, 2.45) is 11.8 Å². The van der Waals surface area contributed by atoms with Crippen LogP contribution in [-0.2, 0) is 6.42 Å². The van der Waals surface area contributed by atoms with Crippen molar-refractivity contribution < 1.29 is 9.63 Å². The van der Waals surface area contributed by atoms with Gasteiger partial charge in [0.15, 0.2) is 0 Å². The highest BCUT2D eigenvalue weighted by molar-refractivity contribution is 7.13. The fourth-order valence-electron chi connectivity index (χ4n) is 4.00. The molecule has 2 aromatic rings. The predicted molar refractivity (Wildman–Crippen MR) is 89.2 cm³/mol. The molecule has 3 heterocycles. The fraction of sp³-hybridized carbons (Fsp3) is 0.647. The second-order valence-corrected chi connectivity index (χ2v) is 7.74. The van der Waals surface area contributed by atoms with E-state index in [1.165, 1.54) is 19.3 Å². The number of nitrogens with zero attached hydrogens (tertiary/aromatic N) is 3. The van der Waals surface area contributed by atoms with Gasteiger partial charge in [0.1, 0.15) is 0 Å². The summed E-state index contributed by atoms with van der Waals surface area (Å²) in [5.74, 6) is 2.39. The molecule has 6 heteroatoms. The van der Waals surface area contributed by atoms with Crippen LogP contribution in [0.4, 0.5) is 0 Å². The summed E-state index contributed by atoms with van der Waals surface area (Å²) in [5, 5.41) is 16.3. The first kappa shape index (κ1) is 15.3. The largest absolute Gasteiger partial charge is 0.392 e.